The molecule has 1 saturated heterocycles. The van der Waals surface area contributed by atoms with E-state index in [2.05, 4.69) is 4.74 Å². The van der Waals surface area contributed by atoms with Gasteiger partial charge >= 0.3 is 5.97 Å². The Kier molecular flexibility index (Phi) is 6.76. The Hall–Kier alpha value is -1.47. The summed E-state index contributed by atoms with van der Waals surface area (Å²) in [5.74, 6) is -1.15. The highest BCUT2D eigenvalue weighted by Gasteiger charge is 2.53. The van der Waals surface area contributed by atoms with Gasteiger partial charge in [-0.05, 0) is 31.8 Å². The Labute approximate surface area is 164 Å². The lowest BCUT2D eigenvalue weighted by atomic mass is 9.88. The molecular formula is C21H30F2O5. The Bertz CT molecular complexity index is 614. The fraction of sp³-hybridized carbons (Fsp3) is 0.762. The molecule has 158 valence electrons. The van der Waals surface area contributed by atoms with E-state index in [9.17, 15) is 23.8 Å². The zero-order chi connectivity index (χ0) is 20.3. The molecule has 3 rings (SSSR count). The van der Waals surface area contributed by atoms with E-state index in [1.54, 1.807) is 12.2 Å². The predicted octanol–water partition coefficient (Wildman–Crippen LogP) is 3.15. The highest BCUT2D eigenvalue weighted by atomic mass is 19.1. The Morgan fingerprint density at radius 2 is 2.14 bits per heavy atom. The van der Waals surface area contributed by atoms with Crippen molar-refractivity contribution in [2.75, 3.05) is 7.11 Å². The van der Waals surface area contributed by atoms with E-state index in [0.29, 0.717) is 32.1 Å². The second-order valence-corrected chi connectivity index (χ2v) is 8.16. The maximum absolute atomic E-state index is 15.0. The van der Waals surface area contributed by atoms with E-state index in [0.717, 1.165) is 12.8 Å². The maximum Gasteiger partial charge on any atom is 0.305 e. The summed E-state index contributed by atoms with van der Waals surface area (Å²) < 4.78 is 39.9. The number of ether oxygens (including phenoxy) is 2. The molecule has 6 atom stereocenters. The van der Waals surface area contributed by atoms with E-state index in [-0.39, 0.29) is 18.1 Å². The van der Waals surface area contributed by atoms with E-state index in [1.807, 2.05) is 0 Å². The lowest BCUT2D eigenvalue weighted by Gasteiger charge is -2.24. The molecule has 2 N–H and O–H groups in total. The molecule has 2 saturated carbocycles. The van der Waals surface area contributed by atoms with E-state index in [4.69, 9.17) is 4.74 Å². The van der Waals surface area contributed by atoms with Gasteiger partial charge in [-0.2, -0.15) is 0 Å². The van der Waals surface area contributed by atoms with E-state index in [1.165, 1.54) is 13.2 Å². The van der Waals surface area contributed by atoms with Crippen molar-refractivity contribution in [2.24, 2.45) is 11.8 Å². The number of unbranched alkanes of at least 4 members (excludes halogenated alkanes) is 1. The second-order valence-electron chi connectivity index (χ2n) is 8.16. The monoisotopic (exact) mass is 400 g/mol. The molecule has 7 heteroatoms. The molecule has 1 aliphatic heterocycles. The molecule has 0 amide bonds. The van der Waals surface area contributed by atoms with Crippen LogP contribution in [0.25, 0.3) is 0 Å². The van der Waals surface area contributed by atoms with Crippen LogP contribution in [0.3, 0.4) is 0 Å². The summed E-state index contributed by atoms with van der Waals surface area (Å²) in [5, 5.41) is 20.5. The molecule has 3 fully saturated rings. The maximum atomic E-state index is 15.0. The zero-order valence-corrected chi connectivity index (χ0v) is 16.2. The first-order chi connectivity index (χ1) is 13.4. The van der Waals surface area contributed by atoms with Gasteiger partial charge in [0.2, 0.25) is 0 Å². The van der Waals surface area contributed by atoms with Gasteiger partial charge in [0, 0.05) is 24.7 Å². The quantitative estimate of drug-likeness (QED) is 0.390. The third kappa shape index (κ3) is 4.40. The highest BCUT2D eigenvalue weighted by molar-refractivity contribution is 5.69. The Morgan fingerprint density at radius 1 is 1.43 bits per heavy atom. The minimum atomic E-state index is -1.62. The molecule has 0 aromatic rings. The molecule has 0 radical (unpaired) electrons. The van der Waals surface area contributed by atoms with Crippen molar-refractivity contribution in [3.8, 4) is 0 Å². The molecule has 0 aromatic heterocycles. The Balaban J connectivity index is 1.60. The second kappa shape index (κ2) is 8.91. The van der Waals surface area contributed by atoms with Gasteiger partial charge in [-0.1, -0.05) is 25.0 Å². The summed E-state index contributed by atoms with van der Waals surface area (Å²) in [6.07, 6.45) is 4.54. The average molecular weight is 400 g/mol. The van der Waals surface area contributed by atoms with Crippen molar-refractivity contribution in [1.82, 2.24) is 0 Å². The lowest BCUT2D eigenvalue weighted by Crippen LogP contribution is -2.34. The molecular weight excluding hydrogens is 370 g/mol. The number of hydrogen-bond acceptors (Lipinski definition) is 5. The van der Waals surface area contributed by atoms with Crippen molar-refractivity contribution in [1.29, 1.82) is 0 Å². The van der Waals surface area contributed by atoms with Crippen LogP contribution in [0.15, 0.2) is 24.0 Å². The van der Waals surface area contributed by atoms with Gasteiger partial charge in [0.15, 0.2) is 6.17 Å². The molecule has 3 aliphatic rings. The number of alkyl halides is 2. The van der Waals surface area contributed by atoms with Gasteiger partial charge < -0.3 is 19.7 Å². The first-order valence-corrected chi connectivity index (χ1v) is 10.2. The number of carbonyl (C=O) groups is 1. The van der Waals surface area contributed by atoms with Crippen LogP contribution in [0.4, 0.5) is 8.78 Å². The van der Waals surface area contributed by atoms with Crippen molar-refractivity contribution < 1.29 is 33.3 Å². The third-order valence-electron chi connectivity index (χ3n) is 6.33. The molecule has 0 bridgehead atoms. The number of aliphatic hydroxyl groups excluding tert-OH is 2. The van der Waals surface area contributed by atoms with Crippen LogP contribution < -0.4 is 0 Å². The van der Waals surface area contributed by atoms with Crippen LogP contribution in [-0.2, 0) is 14.3 Å². The number of allylic oxidation sites excluding steroid dienone is 2. The van der Waals surface area contributed by atoms with Crippen molar-refractivity contribution in [3.05, 3.63) is 24.0 Å². The largest absolute Gasteiger partial charge is 0.491 e. The number of carbonyl (C=O) groups excluding carboxylic acids is 1. The molecule has 1 heterocycles. The molecule has 28 heavy (non-hydrogen) atoms. The van der Waals surface area contributed by atoms with Crippen molar-refractivity contribution in [2.45, 2.75) is 81.5 Å². The van der Waals surface area contributed by atoms with Crippen LogP contribution in [0, 0.1) is 11.8 Å². The van der Waals surface area contributed by atoms with Gasteiger partial charge in [0.25, 0.3) is 0 Å². The summed E-state index contributed by atoms with van der Waals surface area (Å²) in [6, 6.07) is 0. The third-order valence-corrected chi connectivity index (χ3v) is 6.33. The SMILES string of the molecule is COC(=O)CCCC=C1OC2CC(O)C(C=CC(O)C3(F)CCCC3)C2C1F. The topological polar surface area (TPSA) is 76.0 Å². The number of methoxy groups -OCH3 is 1. The minimum absolute atomic E-state index is 0.239. The standard InChI is InChI=1S/C21H30F2O5/c1-27-18(26)7-3-2-6-15-20(22)19-13(14(24)12-16(19)28-15)8-9-17(25)21(23)10-4-5-11-21/h6,8-9,13-14,16-17,19-20,24-25H,2-5,7,10-12H2,1H3. The first-order valence-electron chi connectivity index (χ1n) is 10.2. The van der Waals surface area contributed by atoms with Crippen LogP contribution in [0.1, 0.15) is 51.4 Å². The number of halogens is 2. The van der Waals surface area contributed by atoms with E-state index < -0.39 is 42.0 Å². The van der Waals surface area contributed by atoms with Crippen LogP contribution in [0.2, 0.25) is 0 Å². The Morgan fingerprint density at radius 3 is 2.82 bits per heavy atom. The minimum Gasteiger partial charge on any atom is -0.491 e. The van der Waals surface area contributed by atoms with Crippen molar-refractivity contribution >= 4 is 5.97 Å². The number of hydrogen-bond donors (Lipinski definition) is 2. The lowest BCUT2D eigenvalue weighted by molar-refractivity contribution is -0.140. The average Bonchev–Trinajstić information content (AvgIpc) is 3.33. The fourth-order valence-corrected chi connectivity index (χ4v) is 4.67. The summed E-state index contributed by atoms with van der Waals surface area (Å²) in [7, 11) is 1.33. The molecule has 6 unspecified atom stereocenters. The van der Waals surface area contributed by atoms with Gasteiger partial charge in [-0.25, -0.2) is 8.78 Å². The molecule has 5 nitrogen and oxygen atoms in total. The van der Waals surface area contributed by atoms with Gasteiger partial charge in [0.1, 0.15) is 23.6 Å². The predicted molar refractivity (Wildman–Crippen MR) is 98.8 cm³/mol. The number of aliphatic hydroxyl groups is 2. The van der Waals surface area contributed by atoms with Gasteiger partial charge in [-0.3, -0.25) is 4.79 Å². The number of esters is 1. The van der Waals surface area contributed by atoms with Gasteiger partial charge in [-0.15, -0.1) is 0 Å². The number of rotatable bonds is 7. The molecule has 0 aromatic carbocycles. The van der Waals surface area contributed by atoms with Crippen LogP contribution in [-0.4, -0.2) is 53.4 Å². The first kappa shape index (κ1) is 21.2. The van der Waals surface area contributed by atoms with E-state index >= 15 is 0 Å². The van der Waals surface area contributed by atoms with Gasteiger partial charge in [0.05, 0.1) is 13.2 Å². The molecule has 2 aliphatic carbocycles. The summed E-state index contributed by atoms with van der Waals surface area (Å²) in [5.41, 5.74) is -1.62. The number of fused-ring (bicyclic) bond motifs is 1. The fourth-order valence-electron chi connectivity index (χ4n) is 4.67. The zero-order valence-electron chi connectivity index (χ0n) is 16.2. The summed E-state index contributed by atoms with van der Waals surface area (Å²) in [4.78, 5) is 11.1. The van der Waals surface area contributed by atoms with Crippen LogP contribution >= 0.6 is 0 Å². The summed E-state index contributed by atoms with van der Waals surface area (Å²) >= 11 is 0. The summed E-state index contributed by atoms with van der Waals surface area (Å²) in [6.45, 7) is 0. The normalized spacial score (nSPS) is 36.6. The smallest absolute Gasteiger partial charge is 0.305 e. The molecule has 0 spiro atoms. The van der Waals surface area contributed by atoms with Crippen LogP contribution in [0.5, 0.6) is 0 Å². The van der Waals surface area contributed by atoms with Crippen molar-refractivity contribution in [3.63, 3.8) is 0 Å². The highest BCUT2D eigenvalue weighted by Crippen LogP contribution is 2.47.